The van der Waals surface area contributed by atoms with Crippen LogP contribution in [-0.2, 0) is 11.2 Å². The number of benzene rings is 1. The van der Waals surface area contributed by atoms with E-state index in [1.165, 1.54) is 0 Å². The smallest absolute Gasteiger partial charge is 0.265 e. The number of hydrogen-bond acceptors (Lipinski definition) is 6. The molecule has 21 heavy (non-hydrogen) atoms. The second-order valence-electron chi connectivity index (χ2n) is 4.91. The fraction of sp³-hybridized carbons (Fsp3) is 0.500. The van der Waals surface area contributed by atoms with E-state index in [1.54, 1.807) is 0 Å². The topological polar surface area (TPSA) is 122 Å². The highest BCUT2D eigenvalue weighted by atomic mass is 16.4. The molecule has 7 heteroatoms. The predicted molar refractivity (Wildman–Crippen MR) is 76.0 cm³/mol. The minimum atomic E-state index is -1.83. The van der Waals surface area contributed by atoms with Crippen LogP contribution in [0.5, 0.6) is 0 Å². The van der Waals surface area contributed by atoms with Gasteiger partial charge in [-0.3, -0.25) is 10.2 Å². The lowest BCUT2D eigenvalue weighted by atomic mass is 10.1. The second-order valence-corrected chi connectivity index (χ2v) is 4.91. The molecule has 1 aromatic rings. The van der Waals surface area contributed by atoms with Crippen LogP contribution >= 0.6 is 0 Å². The molecule has 1 aromatic carbocycles. The number of carbonyl (C=O) groups is 1. The fourth-order valence-corrected chi connectivity index (χ4v) is 1.76. The Labute approximate surface area is 123 Å². The molecule has 0 spiro atoms. The number of aliphatic hydroxyl groups excluding tert-OH is 4. The van der Waals surface area contributed by atoms with Crippen molar-refractivity contribution in [1.82, 2.24) is 10.9 Å². The highest BCUT2D eigenvalue weighted by Gasteiger charge is 2.29. The standard InChI is InChI=1S/C14H22N2O5/c1-9(7-10-5-3-2-4-6-10)15-16-14(21)13(20)12(19)11(18)8-17/h2-6,9,11-13,15,17-20H,7-8H2,1H3,(H,16,21)/t9-,11+,12+,13+/m0/s1. The largest absolute Gasteiger partial charge is 0.394 e. The molecule has 6 N–H and O–H groups in total. The van der Waals surface area contributed by atoms with Crippen molar-refractivity contribution in [1.29, 1.82) is 0 Å². The summed E-state index contributed by atoms with van der Waals surface area (Å²) in [6, 6.07) is 9.55. The summed E-state index contributed by atoms with van der Waals surface area (Å²) >= 11 is 0. The SMILES string of the molecule is C[C@@H](Cc1ccccc1)NNC(=O)[C@H](O)[C@H](O)[C@H](O)CO. The average molecular weight is 298 g/mol. The Morgan fingerprint density at radius 3 is 2.38 bits per heavy atom. The van der Waals surface area contributed by atoms with Gasteiger partial charge in [0.1, 0.15) is 12.2 Å². The van der Waals surface area contributed by atoms with Crippen molar-refractivity contribution in [2.75, 3.05) is 6.61 Å². The zero-order valence-corrected chi connectivity index (χ0v) is 11.8. The van der Waals surface area contributed by atoms with Crippen LogP contribution < -0.4 is 10.9 Å². The summed E-state index contributed by atoms with van der Waals surface area (Å²) in [5, 5.41) is 36.7. The minimum Gasteiger partial charge on any atom is -0.394 e. The van der Waals surface area contributed by atoms with Gasteiger partial charge in [0.15, 0.2) is 6.10 Å². The van der Waals surface area contributed by atoms with Crippen molar-refractivity contribution >= 4 is 5.91 Å². The Bertz CT molecular complexity index is 429. The molecule has 0 radical (unpaired) electrons. The number of aliphatic hydroxyl groups is 4. The quantitative estimate of drug-likeness (QED) is 0.319. The van der Waals surface area contributed by atoms with Gasteiger partial charge in [0.2, 0.25) is 0 Å². The zero-order chi connectivity index (χ0) is 15.8. The first kappa shape index (κ1) is 17.5. The Balaban J connectivity index is 2.38. The Kier molecular flexibility index (Phi) is 7.27. The number of hydrazine groups is 1. The van der Waals surface area contributed by atoms with Crippen LogP contribution in [0, 0.1) is 0 Å². The van der Waals surface area contributed by atoms with Gasteiger partial charge in [-0.25, -0.2) is 5.43 Å². The molecule has 0 fully saturated rings. The van der Waals surface area contributed by atoms with Crippen LogP contribution in [0.25, 0.3) is 0 Å². The first-order chi connectivity index (χ1) is 9.95. The molecule has 0 heterocycles. The molecule has 0 aliphatic rings. The number of amides is 1. The van der Waals surface area contributed by atoms with E-state index in [0.29, 0.717) is 6.42 Å². The molecule has 0 aliphatic heterocycles. The molecule has 0 saturated carbocycles. The van der Waals surface area contributed by atoms with Crippen molar-refractivity contribution in [3.8, 4) is 0 Å². The van der Waals surface area contributed by atoms with Crippen molar-refractivity contribution in [3.05, 3.63) is 35.9 Å². The lowest BCUT2D eigenvalue weighted by Crippen LogP contribution is -2.53. The molecular formula is C14H22N2O5. The van der Waals surface area contributed by atoms with Gasteiger partial charge in [0.25, 0.3) is 5.91 Å². The van der Waals surface area contributed by atoms with Crippen LogP contribution in [0.1, 0.15) is 12.5 Å². The summed E-state index contributed by atoms with van der Waals surface area (Å²) in [5.74, 6) is -0.880. The third kappa shape index (κ3) is 5.78. The normalized spacial score (nSPS) is 16.8. The van der Waals surface area contributed by atoms with Gasteiger partial charge in [0.05, 0.1) is 6.61 Å². The summed E-state index contributed by atoms with van der Waals surface area (Å²) in [5.41, 5.74) is 6.07. The number of rotatable bonds is 8. The highest BCUT2D eigenvalue weighted by Crippen LogP contribution is 2.03. The molecule has 7 nitrogen and oxygen atoms in total. The third-order valence-corrected chi connectivity index (χ3v) is 3.00. The first-order valence-electron chi connectivity index (χ1n) is 6.70. The van der Waals surface area contributed by atoms with Gasteiger partial charge in [0, 0.05) is 6.04 Å². The average Bonchev–Trinajstić information content (AvgIpc) is 2.51. The molecule has 0 bridgehead atoms. The second kappa shape index (κ2) is 8.71. The number of carbonyl (C=O) groups excluding carboxylic acids is 1. The van der Waals surface area contributed by atoms with E-state index < -0.39 is 30.8 Å². The summed E-state index contributed by atoms with van der Waals surface area (Å²) in [7, 11) is 0. The van der Waals surface area contributed by atoms with Gasteiger partial charge in [-0.1, -0.05) is 30.3 Å². The van der Waals surface area contributed by atoms with E-state index in [-0.39, 0.29) is 6.04 Å². The Hall–Kier alpha value is -1.51. The maximum Gasteiger partial charge on any atom is 0.265 e. The van der Waals surface area contributed by atoms with Crippen LogP contribution in [0.4, 0.5) is 0 Å². The van der Waals surface area contributed by atoms with Crippen molar-refractivity contribution in [2.24, 2.45) is 0 Å². The van der Waals surface area contributed by atoms with E-state index in [1.807, 2.05) is 37.3 Å². The highest BCUT2D eigenvalue weighted by molar-refractivity contribution is 5.80. The third-order valence-electron chi connectivity index (χ3n) is 3.00. The van der Waals surface area contributed by atoms with Crippen molar-refractivity contribution in [3.63, 3.8) is 0 Å². The molecule has 1 rings (SSSR count). The monoisotopic (exact) mass is 298 g/mol. The van der Waals surface area contributed by atoms with Gasteiger partial charge in [-0.2, -0.15) is 0 Å². The van der Waals surface area contributed by atoms with Crippen LogP contribution in [0.3, 0.4) is 0 Å². The molecule has 0 aromatic heterocycles. The molecule has 0 saturated heterocycles. The summed E-state index contributed by atoms with van der Waals surface area (Å²) in [6.45, 7) is 1.10. The maximum absolute atomic E-state index is 11.6. The molecule has 1 amide bonds. The number of hydrogen-bond donors (Lipinski definition) is 6. The summed E-state index contributed by atoms with van der Waals surface area (Å²) in [4.78, 5) is 11.6. The van der Waals surface area contributed by atoms with Crippen LogP contribution in [-0.4, -0.2) is 57.3 Å². The van der Waals surface area contributed by atoms with Gasteiger partial charge < -0.3 is 20.4 Å². The summed E-state index contributed by atoms with van der Waals surface area (Å²) in [6.07, 6.45) is -4.49. The summed E-state index contributed by atoms with van der Waals surface area (Å²) < 4.78 is 0. The van der Waals surface area contributed by atoms with E-state index in [4.69, 9.17) is 10.2 Å². The maximum atomic E-state index is 11.6. The van der Waals surface area contributed by atoms with Crippen molar-refractivity contribution in [2.45, 2.75) is 37.7 Å². The van der Waals surface area contributed by atoms with Crippen LogP contribution in [0.2, 0.25) is 0 Å². The fourth-order valence-electron chi connectivity index (χ4n) is 1.76. The lowest BCUT2D eigenvalue weighted by molar-refractivity contribution is -0.143. The molecule has 118 valence electrons. The molecule has 0 aliphatic carbocycles. The van der Waals surface area contributed by atoms with Gasteiger partial charge in [-0.15, -0.1) is 0 Å². The number of nitrogens with one attached hydrogen (secondary N) is 2. The van der Waals surface area contributed by atoms with E-state index >= 15 is 0 Å². The minimum absolute atomic E-state index is 0.0940. The van der Waals surface area contributed by atoms with E-state index in [2.05, 4.69) is 10.9 Å². The zero-order valence-electron chi connectivity index (χ0n) is 11.8. The van der Waals surface area contributed by atoms with E-state index in [9.17, 15) is 15.0 Å². The van der Waals surface area contributed by atoms with E-state index in [0.717, 1.165) is 5.56 Å². The Morgan fingerprint density at radius 2 is 1.81 bits per heavy atom. The molecule has 4 atom stereocenters. The lowest BCUT2D eigenvalue weighted by Gasteiger charge is -2.22. The molecular weight excluding hydrogens is 276 g/mol. The van der Waals surface area contributed by atoms with Crippen molar-refractivity contribution < 1.29 is 25.2 Å². The van der Waals surface area contributed by atoms with Gasteiger partial charge >= 0.3 is 0 Å². The Morgan fingerprint density at radius 1 is 1.19 bits per heavy atom. The van der Waals surface area contributed by atoms with Gasteiger partial charge in [-0.05, 0) is 18.9 Å². The first-order valence-corrected chi connectivity index (χ1v) is 6.70. The predicted octanol–water partition coefficient (Wildman–Crippen LogP) is -1.69. The molecule has 0 unspecified atom stereocenters. The van der Waals surface area contributed by atoms with Crippen LogP contribution in [0.15, 0.2) is 30.3 Å².